The fraction of sp³-hybridized carbons (Fsp3) is 0. The minimum absolute atomic E-state index is 0.660. The third kappa shape index (κ3) is 3.42. The van der Waals surface area contributed by atoms with Crippen molar-refractivity contribution in [1.82, 2.24) is 9.97 Å². The average Bonchev–Trinajstić information content (AvgIpc) is 3.63. The second-order valence-electron chi connectivity index (χ2n) is 10.6. The molecule has 0 aliphatic heterocycles. The van der Waals surface area contributed by atoms with E-state index >= 15 is 0 Å². The van der Waals surface area contributed by atoms with Crippen LogP contribution < -0.4 is 0 Å². The Kier molecular flexibility index (Phi) is 4.87. The molecule has 9 aromatic rings. The quantitative estimate of drug-likeness (QED) is 0.224. The first-order valence-electron chi connectivity index (χ1n) is 14.0. The molecule has 9 rings (SSSR count). The zero-order valence-corrected chi connectivity index (χ0v) is 22.4. The van der Waals surface area contributed by atoms with E-state index in [-0.39, 0.29) is 0 Å². The van der Waals surface area contributed by atoms with Gasteiger partial charge in [0.15, 0.2) is 11.4 Å². The van der Waals surface area contributed by atoms with Crippen molar-refractivity contribution in [2.24, 2.45) is 0 Å². The van der Waals surface area contributed by atoms with Crippen LogP contribution in [0.5, 0.6) is 0 Å². The minimum Gasteiger partial charge on any atom is -0.455 e. The highest BCUT2D eigenvalue weighted by Gasteiger charge is 2.20. The van der Waals surface area contributed by atoms with Crippen LogP contribution in [-0.4, -0.2) is 9.97 Å². The summed E-state index contributed by atoms with van der Waals surface area (Å²) in [6.45, 7) is 0. The lowest BCUT2D eigenvalue weighted by atomic mass is 9.95. The largest absolute Gasteiger partial charge is 0.455 e. The smallest absolute Gasteiger partial charge is 0.180 e. The molecule has 0 aliphatic carbocycles. The van der Waals surface area contributed by atoms with Crippen LogP contribution in [0.15, 0.2) is 142 Å². The Bertz CT molecular complexity index is 2460. The van der Waals surface area contributed by atoms with Crippen LogP contribution in [0.1, 0.15) is 0 Å². The summed E-state index contributed by atoms with van der Waals surface area (Å²) in [6.07, 6.45) is 0. The van der Waals surface area contributed by atoms with Crippen LogP contribution in [0, 0.1) is 0 Å². The molecule has 0 amide bonds. The summed E-state index contributed by atoms with van der Waals surface area (Å²) < 4.78 is 13.0. The number of furan rings is 2. The van der Waals surface area contributed by atoms with Crippen molar-refractivity contribution >= 4 is 54.8 Å². The summed E-state index contributed by atoms with van der Waals surface area (Å²) in [4.78, 5) is 10.0. The van der Waals surface area contributed by atoms with Crippen LogP contribution in [-0.2, 0) is 0 Å². The van der Waals surface area contributed by atoms with Gasteiger partial charge in [-0.3, -0.25) is 0 Å². The molecule has 0 spiro atoms. The van der Waals surface area contributed by atoms with E-state index in [1.54, 1.807) is 0 Å². The summed E-state index contributed by atoms with van der Waals surface area (Å²) in [5, 5.41) is 5.39. The molecule has 0 saturated heterocycles. The van der Waals surface area contributed by atoms with Gasteiger partial charge < -0.3 is 8.83 Å². The summed E-state index contributed by atoms with van der Waals surface area (Å²) in [5.41, 5.74) is 8.95. The molecule has 0 atom stereocenters. The number of nitrogens with zero attached hydrogens (tertiary/aromatic N) is 2. The highest BCUT2D eigenvalue weighted by molar-refractivity contribution is 6.19. The fourth-order valence-electron chi connectivity index (χ4n) is 6.10. The van der Waals surface area contributed by atoms with Crippen LogP contribution >= 0.6 is 0 Å². The van der Waals surface area contributed by atoms with Gasteiger partial charge in [-0.2, -0.15) is 0 Å². The number of aromatic nitrogens is 2. The molecule has 0 radical (unpaired) electrons. The fourth-order valence-corrected chi connectivity index (χ4v) is 6.10. The molecule has 3 aromatic heterocycles. The Morgan fingerprint density at radius 3 is 1.88 bits per heavy atom. The molecule has 0 N–H and O–H groups in total. The first kappa shape index (κ1) is 23.0. The summed E-state index contributed by atoms with van der Waals surface area (Å²) in [5.74, 6) is 0.660. The van der Waals surface area contributed by atoms with Crippen LogP contribution in [0.25, 0.3) is 88.6 Å². The monoisotopic (exact) mass is 538 g/mol. The number of hydrogen-bond acceptors (Lipinski definition) is 4. The Morgan fingerprint density at radius 2 is 1.07 bits per heavy atom. The molecule has 4 nitrogen and oxygen atoms in total. The predicted octanol–water partition coefficient (Wildman–Crippen LogP) is 10.4. The molecular weight excluding hydrogens is 516 g/mol. The summed E-state index contributed by atoms with van der Waals surface area (Å²) in [6, 6.07) is 45.7. The maximum absolute atomic E-state index is 6.63. The maximum Gasteiger partial charge on any atom is 0.180 e. The molecule has 0 saturated carbocycles. The standard InChI is InChI=1S/C38H22N2O2/c1-3-11-23(12-4-1)30-22-31-27-20-19-25(21-33(27)42-36(31)28-16-8-7-15-26(28)30)34-37-35(29-17-9-10-18-32(29)41-37)40-38(39-34)24-13-5-2-6-14-24/h1-22H. The zero-order valence-electron chi connectivity index (χ0n) is 22.4. The lowest BCUT2D eigenvalue weighted by Gasteiger charge is -2.08. The summed E-state index contributed by atoms with van der Waals surface area (Å²) in [7, 11) is 0. The van der Waals surface area contributed by atoms with Crippen LogP contribution in [0.3, 0.4) is 0 Å². The molecule has 42 heavy (non-hydrogen) atoms. The Hall–Kier alpha value is -5.74. The minimum atomic E-state index is 0.660. The SMILES string of the molecule is c1ccc(-c2nc(-c3ccc4c(c3)oc3c5ccccc5c(-c5ccccc5)cc43)c3oc4ccccc4c3n2)cc1. The normalized spacial score (nSPS) is 11.8. The van der Waals surface area contributed by atoms with Crippen molar-refractivity contribution in [3.63, 3.8) is 0 Å². The van der Waals surface area contributed by atoms with Gasteiger partial charge in [-0.05, 0) is 46.8 Å². The Morgan fingerprint density at radius 1 is 0.405 bits per heavy atom. The third-order valence-electron chi connectivity index (χ3n) is 8.09. The molecule has 0 unspecified atom stereocenters. The highest BCUT2D eigenvalue weighted by Crippen LogP contribution is 2.42. The first-order chi connectivity index (χ1) is 20.8. The molecule has 0 bridgehead atoms. The number of benzene rings is 6. The van der Waals surface area contributed by atoms with E-state index in [1.807, 2.05) is 60.7 Å². The van der Waals surface area contributed by atoms with E-state index in [0.29, 0.717) is 11.4 Å². The molecule has 3 heterocycles. The average molecular weight is 539 g/mol. The number of hydrogen-bond donors (Lipinski definition) is 0. The van der Waals surface area contributed by atoms with Crippen molar-refractivity contribution in [3.05, 3.63) is 133 Å². The molecule has 6 aromatic carbocycles. The van der Waals surface area contributed by atoms with Gasteiger partial charge in [0.05, 0.1) is 0 Å². The van der Waals surface area contributed by atoms with Gasteiger partial charge in [0.1, 0.15) is 28.0 Å². The second-order valence-corrected chi connectivity index (χ2v) is 10.6. The van der Waals surface area contributed by atoms with Crippen molar-refractivity contribution in [2.75, 3.05) is 0 Å². The van der Waals surface area contributed by atoms with Gasteiger partial charge in [-0.25, -0.2) is 9.97 Å². The van der Waals surface area contributed by atoms with E-state index < -0.39 is 0 Å². The van der Waals surface area contributed by atoms with E-state index in [2.05, 4.69) is 72.8 Å². The van der Waals surface area contributed by atoms with E-state index in [1.165, 1.54) is 16.5 Å². The second kappa shape index (κ2) is 8.88. The Labute approximate surface area is 240 Å². The third-order valence-corrected chi connectivity index (χ3v) is 8.09. The number of fused-ring (bicyclic) bond motifs is 8. The number of rotatable bonds is 3. The molecular formula is C38H22N2O2. The van der Waals surface area contributed by atoms with Crippen molar-refractivity contribution in [3.8, 4) is 33.8 Å². The molecule has 0 fully saturated rings. The van der Waals surface area contributed by atoms with Gasteiger partial charge in [-0.1, -0.05) is 103 Å². The van der Waals surface area contributed by atoms with Gasteiger partial charge in [0.25, 0.3) is 0 Å². The lowest BCUT2D eigenvalue weighted by Crippen LogP contribution is -1.93. The summed E-state index contributed by atoms with van der Waals surface area (Å²) >= 11 is 0. The van der Waals surface area contributed by atoms with Gasteiger partial charge >= 0.3 is 0 Å². The van der Waals surface area contributed by atoms with E-state index in [4.69, 9.17) is 18.8 Å². The first-order valence-corrected chi connectivity index (χ1v) is 14.0. The van der Waals surface area contributed by atoms with Crippen LogP contribution in [0.2, 0.25) is 0 Å². The van der Waals surface area contributed by atoms with E-state index in [9.17, 15) is 0 Å². The Balaban J connectivity index is 1.32. The number of para-hydroxylation sites is 1. The van der Waals surface area contributed by atoms with Gasteiger partial charge in [-0.15, -0.1) is 0 Å². The molecule has 4 heteroatoms. The zero-order chi connectivity index (χ0) is 27.6. The molecule has 0 aliphatic rings. The van der Waals surface area contributed by atoms with Gasteiger partial charge in [0, 0.05) is 32.7 Å². The molecule has 196 valence electrons. The topological polar surface area (TPSA) is 52.1 Å². The van der Waals surface area contributed by atoms with Gasteiger partial charge in [0.2, 0.25) is 0 Å². The predicted molar refractivity (Wildman–Crippen MR) is 170 cm³/mol. The lowest BCUT2D eigenvalue weighted by molar-refractivity contribution is 0.667. The van der Waals surface area contributed by atoms with Crippen molar-refractivity contribution in [2.45, 2.75) is 0 Å². The van der Waals surface area contributed by atoms with E-state index in [0.717, 1.165) is 60.6 Å². The van der Waals surface area contributed by atoms with Crippen molar-refractivity contribution < 1.29 is 8.83 Å². The highest BCUT2D eigenvalue weighted by atomic mass is 16.3. The maximum atomic E-state index is 6.63. The van der Waals surface area contributed by atoms with Crippen LogP contribution in [0.4, 0.5) is 0 Å². The van der Waals surface area contributed by atoms with Crippen molar-refractivity contribution in [1.29, 1.82) is 0 Å².